The number of rotatable bonds is 3. The summed E-state index contributed by atoms with van der Waals surface area (Å²) < 4.78 is 1.08. The molecule has 12 nitrogen and oxygen atoms in total. The molecule has 0 bridgehead atoms. The highest BCUT2D eigenvalue weighted by Crippen LogP contribution is 2.27. The van der Waals surface area contributed by atoms with Gasteiger partial charge in [0.05, 0.1) is 16.0 Å². The van der Waals surface area contributed by atoms with Crippen molar-refractivity contribution >= 4 is 22.5 Å². The number of aromatic amines is 2. The lowest BCUT2D eigenvalue weighted by Crippen LogP contribution is -2.29. The number of H-pyrrole nitrogens is 2. The van der Waals surface area contributed by atoms with Crippen molar-refractivity contribution in [1.29, 1.82) is 0 Å². The van der Waals surface area contributed by atoms with Crippen LogP contribution >= 0.6 is 0 Å². The molecule has 0 aliphatic rings. The van der Waals surface area contributed by atoms with E-state index in [1.165, 1.54) is 6.07 Å². The molecular weight excluding hydrogens is 312 g/mol. The van der Waals surface area contributed by atoms with Gasteiger partial charge >= 0.3 is 16.9 Å². The molecular formula is C11H6N6O6. The Morgan fingerprint density at radius 2 is 1.61 bits per heavy atom. The highest BCUT2D eigenvalue weighted by atomic mass is 16.6. The van der Waals surface area contributed by atoms with Crippen molar-refractivity contribution in [2.24, 2.45) is 0 Å². The monoisotopic (exact) mass is 318 g/mol. The number of nitrogens with zero attached hydrogens (tertiary/aromatic N) is 4. The average Bonchev–Trinajstić information content (AvgIpc) is 2.97. The van der Waals surface area contributed by atoms with Crippen LogP contribution in [0.5, 0.6) is 0 Å². The highest BCUT2D eigenvalue weighted by Gasteiger charge is 2.21. The first kappa shape index (κ1) is 14.1. The summed E-state index contributed by atoms with van der Waals surface area (Å²) in [5.74, 6) is -0.491. The largest absolute Gasteiger partial charge is 0.381 e. The van der Waals surface area contributed by atoms with Gasteiger partial charge in [0, 0.05) is 6.07 Å². The van der Waals surface area contributed by atoms with E-state index in [9.17, 15) is 29.8 Å². The van der Waals surface area contributed by atoms with E-state index in [0.29, 0.717) is 0 Å². The van der Waals surface area contributed by atoms with Crippen molar-refractivity contribution in [1.82, 2.24) is 19.5 Å². The Kier molecular flexibility index (Phi) is 2.99. The van der Waals surface area contributed by atoms with Crippen LogP contribution in [0.25, 0.3) is 16.7 Å². The number of hydrogen-bond donors (Lipinski definition) is 2. The molecule has 2 aromatic heterocycles. The van der Waals surface area contributed by atoms with Gasteiger partial charge in [0.1, 0.15) is 11.9 Å². The van der Waals surface area contributed by atoms with Crippen LogP contribution < -0.4 is 11.1 Å². The number of nitro benzene ring substituents is 1. The fourth-order valence-electron chi connectivity index (χ4n) is 2.03. The summed E-state index contributed by atoms with van der Waals surface area (Å²) in [5.41, 5.74) is -2.16. The number of imidazole rings is 1. The molecule has 0 atom stereocenters. The quantitative estimate of drug-likeness (QED) is 0.395. The van der Waals surface area contributed by atoms with Crippen molar-refractivity contribution in [2.45, 2.75) is 0 Å². The fourth-order valence-corrected chi connectivity index (χ4v) is 2.03. The maximum Gasteiger partial charge on any atom is 0.381 e. The zero-order valence-corrected chi connectivity index (χ0v) is 11.0. The first-order valence-electron chi connectivity index (χ1n) is 6.00. The average molecular weight is 318 g/mol. The molecule has 0 radical (unpaired) electrons. The number of hydrogen-bond acceptors (Lipinski definition) is 7. The van der Waals surface area contributed by atoms with E-state index in [-0.39, 0.29) is 16.7 Å². The van der Waals surface area contributed by atoms with E-state index in [4.69, 9.17) is 0 Å². The van der Waals surface area contributed by atoms with Crippen LogP contribution in [0.15, 0.2) is 34.2 Å². The molecule has 3 aromatic rings. The molecule has 0 spiro atoms. The van der Waals surface area contributed by atoms with E-state index in [2.05, 4.69) is 15.0 Å². The van der Waals surface area contributed by atoms with Gasteiger partial charge in [-0.1, -0.05) is 0 Å². The van der Waals surface area contributed by atoms with E-state index in [1.54, 1.807) is 0 Å². The maximum absolute atomic E-state index is 11.4. The number of fused-ring (bicyclic) bond motifs is 1. The van der Waals surface area contributed by atoms with Crippen molar-refractivity contribution in [3.05, 3.63) is 65.6 Å². The van der Waals surface area contributed by atoms with E-state index in [0.717, 1.165) is 23.2 Å². The smallest absolute Gasteiger partial charge is 0.358 e. The van der Waals surface area contributed by atoms with Gasteiger partial charge in [-0.25, -0.2) is 0 Å². The predicted molar refractivity (Wildman–Crippen MR) is 75.6 cm³/mol. The van der Waals surface area contributed by atoms with Crippen LogP contribution in [0.1, 0.15) is 0 Å². The Balaban J connectivity index is 2.33. The molecule has 0 amide bonds. The Hall–Kier alpha value is -3.83. The number of nitrogens with one attached hydrogen (secondary N) is 2. The number of nitro groups is 2. The van der Waals surface area contributed by atoms with E-state index in [1.807, 2.05) is 0 Å². The second-order valence-corrected chi connectivity index (χ2v) is 4.45. The third-order valence-electron chi connectivity index (χ3n) is 3.05. The predicted octanol–water partition coefficient (Wildman–Crippen LogP) is 0.218. The zero-order valence-electron chi connectivity index (χ0n) is 11.0. The standard InChI is InChI=1S/C11H6N6O6/c18-10-11(19)14-6-2-8(16(20)21)7(1-5(6)13-10)15-3-9(12-4-15)17(22)23/h1-4H,(H,13,18)(H,14,19). The first-order valence-corrected chi connectivity index (χ1v) is 6.00. The summed E-state index contributed by atoms with van der Waals surface area (Å²) in [7, 11) is 0. The molecule has 2 heterocycles. The van der Waals surface area contributed by atoms with E-state index < -0.39 is 32.5 Å². The molecule has 3 rings (SSSR count). The minimum Gasteiger partial charge on any atom is -0.358 e. The second kappa shape index (κ2) is 4.87. The Labute approximate surface area is 124 Å². The van der Waals surface area contributed by atoms with Crippen LogP contribution in [0.3, 0.4) is 0 Å². The van der Waals surface area contributed by atoms with Crippen LogP contribution in [-0.4, -0.2) is 29.4 Å². The third kappa shape index (κ3) is 2.33. The molecule has 2 N–H and O–H groups in total. The van der Waals surface area contributed by atoms with Gasteiger partial charge in [-0.2, -0.15) is 0 Å². The summed E-state index contributed by atoms with van der Waals surface area (Å²) in [4.78, 5) is 51.1. The van der Waals surface area contributed by atoms with Gasteiger partial charge in [0.2, 0.25) is 6.33 Å². The Morgan fingerprint density at radius 1 is 1.00 bits per heavy atom. The van der Waals surface area contributed by atoms with Gasteiger partial charge in [-0.3, -0.25) is 24.3 Å². The summed E-state index contributed by atoms with van der Waals surface area (Å²) in [6, 6.07) is 2.27. The normalized spacial score (nSPS) is 10.8. The van der Waals surface area contributed by atoms with Crippen molar-refractivity contribution in [3.8, 4) is 5.69 Å². The topological polar surface area (TPSA) is 170 Å². The summed E-state index contributed by atoms with van der Waals surface area (Å²) >= 11 is 0. The maximum atomic E-state index is 11.4. The number of aromatic nitrogens is 4. The fraction of sp³-hybridized carbons (Fsp3) is 0. The van der Waals surface area contributed by atoms with Crippen LogP contribution in [-0.2, 0) is 0 Å². The molecule has 0 aliphatic heterocycles. The van der Waals surface area contributed by atoms with Crippen LogP contribution in [0.4, 0.5) is 11.5 Å². The summed E-state index contributed by atoms with van der Waals surface area (Å²) in [6.07, 6.45) is 2.04. The second-order valence-electron chi connectivity index (χ2n) is 4.45. The van der Waals surface area contributed by atoms with Gasteiger partial charge in [0.15, 0.2) is 0 Å². The lowest BCUT2D eigenvalue weighted by molar-refractivity contribution is -0.389. The Bertz CT molecular complexity index is 1080. The zero-order chi connectivity index (χ0) is 16.7. The lowest BCUT2D eigenvalue weighted by atomic mass is 10.2. The van der Waals surface area contributed by atoms with Gasteiger partial charge < -0.3 is 20.1 Å². The summed E-state index contributed by atoms with van der Waals surface area (Å²) in [5, 5.41) is 21.9. The minimum atomic E-state index is -0.946. The molecule has 23 heavy (non-hydrogen) atoms. The van der Waals surface area contributed by atoms with Crippen molar-refractivity contribution in [2.75, 3.05) is 0 Å². The molecule has 0 fully saturated rings. The number of benzene rings is 1. The minimum absolute atomic E-state index is 0.0502. The molecule has 0 saturated carbocycles. The van der Waals surface area contributed by atoms with Crippen molar-refractivity contribution < 1.29 is 9.85 Å². The SMILES string of the molecule is O=c1[nH]c2cc(-n3cnc([N+](=O)[O-])c3)c([N+](=O)[O-])cc2[nH]c1=O. The first-order chi connectivity index (χ1) is 10.9. The molecule has 0 aliphatic carbocycles. The molecule has 116 valence electrons. The van der Waals surface area contributed by atoms with Crippen LogP contribution in [0.2, 0.25) is 0 Å². The molecule has 1 aromatic carbocycles. The summed E-state index contributed by atoms with van der Waals surface area (Å²) in [6.45, 7) is 0. The van der Waals surface area contributed by atoms with Crippen molar-refractivity contribution in [3.63, 3.8) is 0 Å². The van der Waals surface area contributed by atoms with Gasteiger partial charge in [0.25, 0.3) is 5.69 Å². The molecule has 12 heteroatoms. The highest BCUT2D eigenvalue weighted by molar-refractivity contribution is 5.81. The van der Waals surface area contributed by atoms with E-state index >= 15 is 0 Å². The van der Waals surface area contributed by atoms with Gasteiger partial charge in [-0.05, 0) is 16.0 Å². The molecule has 0 saturated heterocycles. The molecule has 0 unspecified atom stereocenters. The van der Waals surface area contributed by atoms with Crippen LogP contribution in [0, 0.1) is 20.2 Å². The third-order valence-corrected chi connectivity index (χ3v) is 3.05. The van der Waals surface area contributed by atoms with Gasteiger partial charge in [-0.15, -0.1) is 0 Å². The Morgan fingerprint density at radius 3 is 2.13 bits per heavy atom. The lowest BCUT2D eigenvalue weighted by Gasteiger charge is -2.04.